The molecule has 2 N–H and O–H groups in total. The van der Waals surface area contributed by atoms with E-state index < -0.39 is 0 Å². The molecule has 0 aliphatic heterocycles. The minimum absolute atomic E-state index is 0.140. The number of Topliss-reactive ketones (excluding diaryl/α,β-unsaturated/α-hetero) is 1. The summed E-state index contributed by atoms with van der Waals surface area (Å²) in [6, 6.07) is 5.29. The first-order chi connectivity index (χ1) is 9.65. The van der Waals surface area contributed by atoms with E-state index >= 15 is 0 Å². The number of carbonyl (C=O) groups is 1. The summed E-state index contributed by atoms with van der Waals surface area (Å²) in [5.74, 6) is 1.90. The molecule has 1 unspecified atom stereocenters. The lowest BCUT2D eigenvalue weighted by Gasteiger charge is -2.13. The largest absolute Gasteiger partial charge is 0.493 e. The van der Waals surface area contributed by atoms with Crippen molar-refractivity contribution in [2.75, 3.05) is 20.8 Å². The second-order valence-corrected chi connectivity index (χ2v) is 4.88. The quantitative estimate of drug-likeness (QED) is 0.706. The van der Waals surface area contributed by atoms with E-state index in [2.05, 4.69) is 6.92 Å². The maximum atomic E-state index is 12.2. The smallest absolute Gasteiger partial charge is 0.163 e. The Labute approximate surface area is 121 Å². The molecule has 20 heavy (non-hydrogen) atoms. The van der Waals surface area contributed by atoms with Gasteiger partial charge in [0.05, 0.1) is 14.2 Å². The molecular weight excluding hydrogens is 254 g/mol. The van der Waals surface area contributed by atoms with E-state index in [-0.39, 0.29) is 5.78 Å². The average Bonchev–Trinajstić information content (AvgIpc) is 2.50. The lowest BCUT2D eigenvalue weighted by molar-refractivity contribution is 0.0972. The predicted molar refractivity (Wildman–Crippen MR) is 80.6 cm³/mol. The van der Waals surface area contributed by atoms with Crippen molar-refractivity contribution in [1.82, 2.24) is 0 Å². The van der Waals surface area contributed by atoms with Gasteiger partial charge in [0.1, 0.15) is 0 Å². The molecule has 0 aliphatic carbocycles. The summed E-state index contributed by atoms with van der Waals surface area (Å²) >= 11 is 0. The molecule has 4 nitrogen and oxygen atoms in total. The molecule has 4 heteroatoms. The zero-order chi connectivity index (χ0) is 15.0. The molecule has 0 saturated carbocycles. The Kier molecular flexibility index (Phi) is 7.09. The Morgan fingerprint density at radius 3 is 2.45 bits per heavy atom. The number of benzene rings is 1. The van der Waals surface area contributed by atoms with Crippen LogP contribution in [0.4, 0.5) is 0 Å². The maximum absolute atomic E-state index is 12.2. The van der Waals surface area contributed by atoms with E-state index in [1.807, 2.05) is 0 Å². The molecule has 1 atom stereocenters. The van der Waals surface area contributed by atoms with E-state index in [0.717, 1.165) is 19.3 Å². The zero-order valence-electron chi connectivity index (χ0n) is 12.6. The van der Waals surface area contributed by atoms with Gasteiger partial charge in [0, 0.05) is 12.0 Å². The molecule has 0 radical (unpaired) electrons. The number of ether oxygens (including phenoxy) is 2. The minimum Gasteiger partial charge on any atom is -0.493 e. The van der Waals surface area contributed by atoms with E-state index in [1.165, 1.54) is 0 Å². The molecule has 0 aromatic heterocycles. The van der Waals surface area contributed by atoms with Crippen molar-refractivity contribution in [3.63, 3.8) is 0 Å². The number of hydrogen-bond acceptors (Lipinski definition) is 4. The Morgan fingerprint density at radius 1 is 1.20 bits per heavy atom. The Bertz CT molecular complexity index is 432. The maximum Gasteiger partial charge on any atom is 0.163 e. The fourth-order valence-electron chi connectivity index (χ4n) is 2.28. The summed E-state index contributed by atoms with van der Waals surface area (Å²) in [5.41, 5.74) is 6.25. The first kappa shape index (κ1) is 16.5. The minimum atomic E-state index is 0.140. The van der Waals surface area contributed by atoms with Gasteiger partial charge in [-0.25, -0.2) is 0 Å². The SMILES string of the molecule is CCC(CCN)CCC(=O)c1ccc(OC)c(OC)c1. The van der Waals surface area contributed by atoms with E-state index in [9.17, 15) is 4.79 Å². The highest BCUT2D eigenvalue weighted by Gasteiger charge is 2.13. The number of carbonyl (C=O) groups excluding carboxylic acids is 1. The van der Waals surface area contributed by atoms with Crippen molar-refractivity contribution >= 4 is 5.78 Å². The molecule has 0 bridgehead atoms. The number of hydrogen-bond donors (Lipinski definition) is 1. The van der Waals surface area contributed by atoms with Crippen LogP contribution in [0.1, 0.15) is 43.0 Å². The van der Waals surface area contributed by atoms with Gasteiger partial charge in [-0.3, -0.25) is 4.79 Å². The standard InChI is InChI=1S/C16H25NO3/c1-4-12(9-10-17)5-7-14(18)13-6-8-15(19-2)16(11-13)20-3/h6,8,11-12H,4-5,7,9-10,17H2,1-3H3. The summed E-state index contributed by atoms with van der Waals surface area (Å²) in [7, 11) is 3.15. The van der Waals surface area contributed by atoms with Gasteiger partial charge in [0.25, 0.3) is 0 Å². The number of methoxy groups -OCH3 is 2. The van der Waals surface area contributed by atoms with E-state index in [1.54, 1.807) is 32.4 Å². The van der Waals surface area contributed by atoms with Crippen LogP contribution in [0.25, 0.3) is 0 Å². The molecule has 0 spiro atoms. The van der Waals surface area contributed by atoms with Gasteiger partial charge in [-0.15, -0.1) is 0 Å². The molecule has 0 amide bonds. The van der Waals surface area contributed by atoms with Gasteiger partial charge in [-0.05, 0) is 43.5 Å². The third-order valence-electron chi connectivity index (χ3n) is 3.64. The molecule has 1 aromatic rings. The molecule has 0 fully saturated rings. The van der Waals surface area contributed by atoms with Gasteiger partial charge in [-0.2, -0.15) is 0 Å². The zero-order valence-corrected chi connectivity index (χ0v) is 12.6. The summed E-state index contributed by atoms with van der Waals surface area (Å²) in [6.07, 6.45) is 3.49. The fourth-order valence-corrected chi connectivity index (χ4v) is 2.28. The van der Waals surface area contributed by atoms with Crippen LogP contribution in [0.5, 0.6) is 11.5 Å². The van der Waals surface area contributed by atoms with Crippen molar-refractivity contribution in [1.29, 1.82) is 0 Å². The van der Waals surface area contributed by atoms with Crippen LogP contribution < -0.4 is 15.2 Å². The molecule has 0 heterocycles. The van der Waals surface area contributed by atoms with Crippen molar-refractivity contribution < 1.29 is 14.3 Å². The molecular formula is C16H25NO3. The van der Waals surface area contributed by atoms with Crippen molar-refractivity contribution in [2.24, 2.45) is 11.7 Å². The van der Waals surface area contributed by atoms with Crippen molar-refractivity contribution in [2.45, 2.75) is 32.6 Å². The highest BCUT2D eigenvalue weighted by molar-refractivity contribution is 5.96. The number of ketones is 1. The lowest BCUT2D eigenvalue weighted by atomic mass is 9.94. The number of rotatable bonds is 9. The van der Waals surface area contributed by atoms with Crippen molar-refractivity contribution in [3.8, 4) is 11.5 Å². The summed E-state index contributed by atoms with van der Waals surface area (Å²) in [6.45, 7) is 2.82. The molecule has 1 aromatic carbocycles. The normalized spacial score (nSPS) is 12.0. The summed E-state index contributed by atoms with van der Waals surface area (Å²) in [5, 5.41) is 0. The highest BCUT2D eigenvalue weighted by atomic mass is 16.5. The van der Waals surface area contributed by atoms with E-state index in [0.29, 0.717) is 35.9 Å². The first-order valence-corrected chi connectivity index (χ1v) is 7.11. The van der Waals surface area contributed by atoms with Gasteiger partial charge in [0.15, 0.2) is 17.3 Å². The molecule has 112 valence electrons. The third kappa shape index (κ3) is 4.53. The number of nitrogens with two attached hydrogens (primary N) is 1. The van der Waals surface area contributed by atoms with Gasteiger partial charge in [-0.1, -0.05) is 13.3 Å². The molecule has 1 rings (SSSR count). The van der Waals surface area contributed by atoms with Gasteiger partial charge in [0.2, 0.25) is 0 Å². The predicted octanol–water partition coefficient (Wildman–Crippen LogP) is 3.04. The molecule has 0 saturated heterocycles. The van der Waals surface area contributed by atoms with Crippen molar-refractivity contribution in [3.05, 3.63) is 23.8 Å². The fraction of sp³-hybridized carbons (Fsp3) is 0.562. The summed E-state index contributed by atoms with van der Waals surface area (Å²) in [4.78, 5) is 12.2. The second-order valence-electron chi connectivity index (χ2n) is 4.88. The van der Waals surface area contributed by atoms with Crippen LogP contribution in [-0.4, -0.2) is 26.5 Å². The Balaban J connectivity index is 2.67. The topological polar surface area (TPSA) is 61.6 Å². The molecule has 0 aliphatic rings. The highest BCUT2D eigenvalue weighted by Crippen LogP contribution is 2.28. The summed E-state index contributed by atoms with van der Waals surface area (Å²) < 4.78 is 10.4. The monoisotopic (exact) mass is 279 g/mol. The van der Waals surface area contributed by atoms with Crippen LogP contribution in [0, 0.1) is 5.92 Å². The van der Waals surface area contributed by atoms with Crippen LogP contribution in [0.2, 0.25) is 0 Å². The Morgan fingerprint density at radius 2 is 1.90 bits per heavy atom. The third-order valence-corrected chi connectivity index (χ3v) is 3.64. The van der Waals surface area contributed by atoms with Crippen LogP contribution in [0.15, 0.2) is 18.2 Å². The lowest BCUT2D eigenvalue weighted by Crippen LogP contribution is -2.10. The van der Waals surface area contributed by atoms with Gasteiger partial charge < -0.3 is 15.2 Å². The Hall–Kier alpha value is -1.55. The van der Waals surface area contributed by atoms with Crippen LogP contribution in [-0.2, 0) is 0 Å². The average molecular weight is 279 g/mol. The van der Waals surface area contributed by atoms with Gasteiger partial charge >= 0.3 is 0 Å². The second kappa shape index (κ2) is 8.59. The van der Waals surface area contributed by atoms with E-state index in [4.69, 9.17) is 15.2 Å². The van der Waals surface area contributed by atoms with Crippen LogP contribution >= 0.6 is 0 Å². The van der Waals surface area contributed by atoms with Crippen LogP contribution in [0.3, 0.4) is 0 Å². The first-order valence-electron chi connectivity index (χ1n) is 7.11.